The van der Waals surface area contributed by atoms with E-state index in [1.807, 2.05) is 41.8 Å². The van der Waals surface area contributed by atoms with Crippen LogP contribution in [0.2, 0.25) is 0 Å². The van der Waals surface area contributed by atoms with Crippen molar-refractivity contribution in [3.8, 4) is 0 Å². The number of halogens is 6. The molecule has 3 aromatic rings. The normalized spacial score (nSPS) is 19.7. The lowest BCUT2D eigenvalue weighted by atomic mass is 9.70. The van der Waals surface area contributed by atoms with Crippen LogP contribution in [-0.2, 0) is 28.0 Å². The van der Waals surface area contributed by atoms with E-state index < -0.39 is 29.7 Å². The van der Waals surface area contributed by atoms with E-state index in [-0.39, 0.29) is 17.7 Å². The zero-order chi connectivity index (χ0) is 34.4. The van der Waals surface area contributed by atoms with Crippen LogP contribution in [0, 0.1) is 12.3 Å². The van der Waals surface area contributed by atoms with Crippen LogP contribution in [0.3, 0.4) is 0 Å². The molecule has 0 unspecified atom stereocenters. The summed E-state index contributed by atoms with van der Waals surface area (Å²) in [5, 5.41) is 18.6. The Balaban J connectivity index is 0.000000345. The third-order valence-electron chi connectivity index (χ3n) is 7.37. The van der Waals surface area contributed by atoms with Gasteiger partial charge in [0.25, 0.3) is 5.91 Å². The number of likely N-dealkylation sites (tertiary alicyclic amines) is 2. The molecule has 2 N–H and O–H groups in total. The van der Waals surface area contributed by atoms with Gasteiger partial charge in [0.2, 0.25) is 5.91 Å². The van der Waals surface area contributed by atoms with Crippen molar-refractivity contribution in [2.24, 2.45) is 12.5 Å². The SMILES string of the molecule is Cc1ccc(C(=O)N2C[C@@H](c3ccnn3C)[C@@]3(CCCN(Cc4ccncc4)C3=O)C2)o1.O=C(O)C(F)(F)F.O=C(O)C(F)(F)F. The first-order valence-electron chi connectivity index (χ1n) is 13.5. The first-order valence-corrected chi connectivity index (χ1v) is 13.5. The number of hydrogen-bond donors (Lipinski definition) is 2. The molecule has 2 aliphatic rings. The molecule has 5 rings (SSSR count). The van der Waals surface area contributed by atoms with Crippen LogP contribution in [-0.4, -0.2) is 90.5 Å². The van der Waals surface area contributed by atoms with Gasteiger partial charge in [0, 0.05) is 63.4 Å². The monoisotopic (exact) mass is 661 g/mol. The Morgan fingerprint density at radius 2 is 1.57 bits per heavy atom. The second-order valence-corrected chi connectivity index (χ2v) is 10.5. The molecule has 250 valence electrons. The van der Waals surface area contributed by atoms with Gasteiger partial charge in [-0.15, -0.1) is 0 Å². The number of aliphatic carboxylic acids is 2. The fourth-order valence-electron chi connectivity index (χ4n) is 5.31. The molecule has 2 atom stereocenters. The predicted octanol–water partition coefficient (Wildman–Crippen LogP) is 4.03. The van der Waals surface area contributed by atoms with Crippen LogP contribution in [0.1, 0.15) is 46.3 Å². The molecule has 2 fully saturated rings. The highest BCUT2D eigenvalue weighted by Crippen LogP contribution is 2.49. The van der Waals surface area contributed by atoms with Crippen LogP contribution in [0.15, 0.2) is 53.3 Å². The summed E-state index contributed by atoms with van der Waals surface area (Å²) in [5.74, 6) is -4.68. The quantitative estimate of drug-likeness (QED) is 0.394. The molecule has 0 aromatic carbocycles. The van der Waals surface area contributed by atoms with E-state index in [1.165, 1.54) is 0 Å². The number of carboxylic acid groups (broad SMARTS) is 2. The van der Waals surface area contributed by atoms with Gasteiger partial charge in [0.15, 0.2) is 5.76 Å². The Bertz CT molecular complexity index is 1510. The molecular formula is C28H29F6N5O7. The molecule has 0 saturated carbocycles. The Hall–Kier alpha value is -4.90. The molecule has 12 nitrogen and oxygen atoms in total. The van der Waals surface area contributed by atoms with E-state index in [0.29, 0.717) is 37.7 Å². The van der Waals surface area contributed by atoms with Gasteiger partial charge in [0.05, 0.1) is 5.41 Å². The van der Waals surface area contributed by atoms with E-state index in [4.69, 9.17) is 24.2 Å². The highest BCUT2D eigenvalue weighted by molar-refractivity contribution is 5.94. The van der Waals surface area contributed by atoms with E-state index >= 15 is 0 Å². The molecule has 2 amide bonds. The molecule has 2 aliphatic heterocycles. The average molecular weight is 662 g/mol. The van der Waals surface area contributed by atoms with Crippen molar-refractivity contribution in [2.75, 3.05) is 19.6 Å². The first-order chi connectivity index (χ1) is 21.4. The average Bonchev–Trinajstić information content (AvgIpc) is 3.70. The number of rotatable bonds is 4. The topological polar surface area (TPSA) is 159 Å². The van der Waals surface area contributed by atoms with Crippen molar-refractivity contribution < 1.29 is 60.2 Å². The van der Waals surface area contributed by atoms with Gasteiger partial charge in [-0.3, -0.25) is 19.3 Å². The number of nitrogens with zero attached hydrogens (tertiary/aromatic N) is 5. The minimum Gasteiger partial charge on any atom is -0.475 e. The molecule has 0 bridgehead atoms. The lowest BCUT2D eigenvalue weighted by Gasteiger charge is -2.42. The number of pyridine rings is 1. The summed E-state index contributed by atoms with van der Waals surface area (Å²) in [6.45, 7) is 3.93. The van der Waals surface area contributed by atoms with Crippen LogP contribution in [0.4, 0.5) is 26.3 Å². The molecule has 0 aliphatic carbocycles. The Labute approximate surface area is 257 Å². The van der Waals surface area contributed by atoms with Crippen molar-refractivity contribution in [1.82, 2.24) is 24.6 Å². The predicted molar refractivity (Wildman–Crippen MR) is 144 cm³/mol. The second kappa shape index (κ2) is 14.0. The third kappa shape index (κ3) is 8.42. The molecule has 2 saturated heterocycles. The van der Waals surface area contributed by atoms with Gasteiger partial charge in [-0.25, -0.2) is 9.59 Å². The highest BCUT2D eigenvalue weighted by Gasteiger charge is 2.57. The van der Waals surface area contributed by atoms with Crippen molar-refractivity contribution >= 4 is 23.8 Å². The summed E-state index contributed by atoms with van der Waals surface area (Å²) < 4.78 is 70.9. The van der Waals surface area contributed by atoms with Crippen LogP contribution >= 0.6 is 0 Å². The summed E-state index contributed by atoms with van der Waals surface area (Å²) in [7, 11) is 1.89. The standard InChI is InChI=1S/C24H27N5O3.2C2HF3O2/c1-17-4-5-21(32-17)22(30)29-15-19(20-8-12-26-27(20)2)24(16-29)9-3-13-28(23(24)31)14-18-6-10-25-11-7-18;2*3-2(4,5)1(6)7/h4-8,10-12,19H,3,9,13-16H2,1-2H3;2*(H,6,7)/t19-,24+;;/m0../s1. The molecular weight excluding hydrogens is 632 g/mol. The molecule has 0 radical (unpaired) electrons. The smallest absolute Gasteiger partial charge is 0.475 e. The van der Waals surface area contributed by atoms with Crippen molar-refractivity contribution in [2.45, 2.75) is 44.6 Å². The number of hydrogen-bond acceptors (Lipinski definition) is 7. The van der Waals surface area contributed by atoms with Gasteiger partial charge in [0.1, 0.15) is 5.76 Å². The largest absolute Gasteiger partial charge is 0.490 e. The minimum absolute atomic E-state index is 0.109. The molecule has 46 heavy (non-hydrogen) atoms. The molecule has 1 spiro atoms. The number of aryl methyl sites for hydroxylation is 2. The number of carbonyl (C=O) groups excluding carboxylic acids is 2. The van der Waals surface area contributed by atoms with E-state index in [9.17, 15) is 35.9 Å². The third-order valence-corrected chi connectivity index (χ3v) is 7.37. The van der Waals surface area contributed by atoms with Gasteiger partial charge >= 0.3 is 24.3 Å². The summed E-state index contributed by atoms with van der Waals surface area (Å²) >= 11 is 0. The highest BCUT2D eigenvalue weighted by atomic mass is 19.4. The number of carboxylic acids is 2. The van der Waals surface area contributed by atoms with Crippen molar-refractivity contribution in [1.29, 1.82) is 0 Å². The summed E-state index contributed by atoms with van der Waals surface area (Å²) in [5.41, 5.74) is 1.37. The summed E-state index contributed by atoms with van der Waals surface area (Å²) in [6.07, 6.45) is -3.27. The van der Waals surface area contributed by atoms with Crippen molar-refractivity contribution in [3.05, 3.63) is 71.7 Å². The van der Waals surface area contributed by atoms with Crippen LogP contribution in [0.5, 0.6) is 0 Å². The number of furan rings is 1. The van der Waals surface area contributed by atoms with Gasteiger partial charge in [-0.05, 0) is 55.7 Å². The van der Waals surface area contributed by atoms with Gasteiger partial charge in [-0.1, -0.05) is 0 Å². The van der Waals surface area contributed by atoms with Gasteiger partial charge < -0.3 is 24.4 Å². The second-order valence-electron chi connectivity index (χ2n) is 10.5. The van der Waals surface area contributed by atoms with E-state index in [0.717, 1.165) is 24.1 Å². The number of amides is 2. The number of aromatic nitrogens is 3. The molecule has 18 heteroatoms. The summed E-state index contributed by atoms with van der Waals surface area (Å²) in [6, 6.07) is 9.35. The zero-order valence-corrected chi connectivity index (χ0v) is 24.4. The fourth-order valence-corrected chi connectivity index (χ4v) is 5.31. The Morgan fingerprint density at radius 1 is 0.978 bits per heavy atom. The molecule has 3 aromatic heterocycles. The number of carbonyl (C=O) groups is 4. The minimum atomic E-state index is -5.08. The van der Waals surface area contributed by atoms with Gasteiger partial charge in [-0.2, -0.15) is 31.4 Å². The summed E-state index contributed by atoms with van der Waals surface area (Å²) in [4.78, 5) is 52.8. The van der Waals surface area contributed by atoms with Crippen LogP contribution < -0.4 is 0 Å². The fraction of sp³-hybridized carbons (Fsp3) is 0.429. The Morgan fingerprint density at radius 3 is 2.04 bits per heavy atom. The number of alkyl halides is 6. The maximum absolute atomic E-state index is 14.0. The number of piperidine rings is 1. The lowest BCUT2D eigenvalue weighted by molar-refractivity contribution is -0.193. The van der Waals surface area contributed by atoms with E-state index in [2.05, 4.69) is 10.1 Å². The van der Waals surface area contributed by atoms with Crippen molar-refractivity contribution in [3.63, 3.8) is 0 Å². The molecule has 5 heterocycles. The zero-order valence-electron chi connectivity index (χ0n) is 24.4. The van der Waals surface area contributed by atoms with Crippen LogP contribution in [0.25, 0.3) is 0 Å². The lowest BCUT2D eigenvalue weighted by Crippen LogP contribution is -2.52. The van der Waals surface area contributed by atoms with E-state index in [1.54, 1.807) is 35.6 Å². The maximum Gasteiger partial charge on any atom is 0.490 e. The Kier molecular flexibility index (Phi) is 10.9. The first kappa shape index (κ1) is 35.6. The maximum atomic E-state index is 14.0.